The van der Waals surface area contributed by atoms with E-state index in [1.54, 1.807) is 6.08 Å². The molecule has 0 saturated carbocycles. The van der Waals surface area contributed by atoms with Crippen LogP contribution in [0, 0.1) is 0 Å². The number of ether oxygens (including phenoxy) is 4. The van der Waals surface area contributed by atoms with Gasteiger partial charge in [-0.05, 0) is 19.3 Å². The van der Waals surface area contributed by atoms with E-state index in [-0.39, 0.29) is 18.9 Å². The van der Waals surface area contributed by atoms with Crippen LogP contribution in [0.15, 0.2) is 12.2 Å². The molecule has 9 N–H and O–H groups in total. The Morgan fingerprint density at radius 1 is 0.427 bits per heavy atom. The average Bonchev–Trinajstić information content (AvgIpc) is 3.63. The summed E-state index contributed by atoms with van der Waals surface area (Å²) in [5, 5.41) is 87.2. The molecule has 14 heteroatoms. The van der Waals surface area contributed by atoms with Gasteiger partial charge in [0, 0.05) is 6.42 Å². The van der Waals surface area contributed by atoms with Crippen molar-refractivity contribution < 1.29 is 64.6 Å². The third-order valence-electron chi connectivity index (χ3n) is 17.5. The van der Waals surface area contributed by atoms with Gasteiger partial charge in [0.15, 0.2) is 12.6 Å². The van der Waals surface area contributed by atoms with Gasteiger partial charge in [-0.15, -0.1) is 0 Å². The van der Waals surface area contributed by atoms with Gasteiger partial charge in [-0.3, -0.25) is 4.79 Å². The number of amides is 1. The Morgan fingerprint density at radius 2 is 0.756 bits per heavy atom. The second-order valence-corrected chi connectivity index (χ2v) is 25.0. The van der Waals surface area contributed by atoms with Crippen molar-refractivity contribution in [3.05, 3.63) is 12.2 Å². The fourth-order valence-electron chi connectivity index (χ4n) is 11.9. The van der Waals surface area contributed by atoms with Crippen molar-refractivity contribution in [3.63, 3.8) is 0 Å². The smallest absolute Gasteiger partial charge is 0.220 e. The number of unbranched alkanes of at least 4 members (excludes halogenated alkanes) is 45. The standard InChI is InChI=1S/C68H131NO13/c1-3-5-7-9-11-13-15-17-19-20-21-22-23-24-25-26-27-28-29-30-31-32-33-34-35-36-37-38-40-42-44-46-48-50-52-60(73)69-56(57(72)51-49-47-45-43-41-39-18-16-14-12-10-8-6-4-2)55-79-67-65(78)63(76)66(59(54-71)81-67)82-68-64(77)62(75)61(74)58(53-70)80-68/h49,51,56-59,61-68,70-72,74-78H,3-48,50,52-55H2,1-2H3,(H,69,73)/b51-49+. The largest absolute Gasteiger partial charge is 0.394 e. The molecule has 2 rings (SSSR count). The number of carbonyl (C=O) groups excluding carboxylic acids is 1. The molecule has 2 aliphatic rings. The molecule has 0 bridgehead atoms. The van der Waals surface area contributed by atoms with Crippen molar-refractivity contribution in [3.8, 4) is 0 Å². The monoisotopic (exact) mass is 1170 g/mol. The predicted octanol–water partition coefficient (Wildman–Crippen LogP) is 13.8. The van der Waals surface area contributed by atoms with E-state index >= 15 is 0 Å². The van der Waals surface area contributed by atoms with Crippen LogP contribution in [-0.4, -0.2) is 140 Å². The third-order valence-corrected chi connectivity index (χ3v) is 17.5. The number of rotatable bonds is 58. The van der Waals surface area contributed by atoms with Crippen molar-refractivity contribution in [1.29, 1.82) is 0 Å². The summed E-state index contributed by atoms with van der Waals surface area (Å²) in [5.41, 5.74) is 0. The van der Waals surface area contributed by atoms with Gasteiger partial charge >= 0.3 is 0 Å². The minimum absolute atomic E-state index is 0.232. The SMILES string of the molecule is CCCCCCCCCCCCCC/C=C/C(O)C(COC1OC(CO)C(OC2OC(CO)C(O)C(O)C2O)C(O)C1O)NC(=O)CCCCCCCCCCCCCCCCCCCCCCCCCCCCCCCCCCCC. The Morgan fingerprint density at radius 3 is 1.12 bits per heavy atom. The number of hydrogen-bond donors (Lipinski definition) is 9. The number of aliphatic hydroxyl groups excluding tert-OH is 8. The summed E-state index contributed by atoms with van der Waals surface area (Å²) >= 11 is 0. The highest BCUT2D eigenvalue weighted by Crippen LogP contribution is 2.30. The number of carbonyl (C=O) groups is 1. The lowest BCUT2D eigenvalue weighted by Gasteiger charge is -2.46. The van der Waals surface area contributed by atoms with Crippen LogP contribution in [0.25, 0.3) is 0 Å². The van der Waals surface area contributed by atoms with Crippen molar-refractivity contribution in [2.45, 2.75) is 396 Å². The van der Waals surface area contributed by atoms with Crippen molar-refractivity contribution >= 4 is 5.91 Å². The van der Waals surface area contributed by atoms with E-state index in [2.05, 4.69) is 19.2 Å². The summed E-state index contributed by atoms with van der Waals surface area (Å²) in [6.07, 6.45) is 48.6. The number of hydrogen-bond acceptors (Lipinski definition) is 13. The summed E-state index contributed by atoms with van der Waals surface area (Å²) in [4.78, 5) is 13.3. The second kappa shape index (κ2) is 53.9. The first-order valence-electron chi connectivity index (χ1n) is 34.9. The molecule has 0 aliphatic carbocycles. The molecule has 2 heterocycles. The summed E-state index contributed by atoms with van der Waals surface area (Å²) in [6.45, 7) is 2.84. The first-order chi connectivity index (χ1) is 40.1. The van der Waals surface area contributed by atoms with Crippen molar-refractivity contribution in [2.75, 3.05) is 19.8 Å². The second-order valence-electron chi connectivity index (χ2n) is 25.0. The molecule has 0 aromatic carbocycles. The number of allylic oxidation sites excluding steroid dienone is 1. The molecule has 486 valence electrons. The summed E-state index contributed by atoms with van der Waals surface area (Å²) in [6, 6.07) is -0.910. The van der Waals surface area contributed by atoms with Gasteiger partial charge in [-0.1, -0.05) is 309 Å². The van der Waals surface area contributed by atoms with Crippen LogP contribution in [0.5, 0.6) is 0 Å². The average molecular weight is 1170 g/mol. The van der Waals surface area contributed by atoms with Crippen molar-refractivity contribution in [1.82, 2.24) is 5.32 Å². The molecule has 0 radical (unpaired) electrons. The van der Waals surface area contributed by atoms with Gasteiger partial charge in [0.2, 0.25) is 5.91 Å². The van der Waals surface area contributed by atoms with E-state index in [1.807, 2.05) is 6.08 Å². The van der Waals surface area contributed by atoms with Gasteiger partial charge < -0.3 is 65.1 Å². The van der Waals surface area contributed by atoms with Gasteiger partial charge in [0.05, 0.1) is 32.0 Å². The van der Waals surface area contributed by atoms with Crippen LogP contribution in [0.3, 0.4) is 0 Å². The molecular weight excluding hydrogens is 1040 g/mol. The first kappa shape index (κ1) is 76.8. The lowest BCUT2D eigenvalue weighted by Crippen LogP contribution is -2.65. The Bertz CT molecular complexity index is 1420. The molecule has 2 aliphatic heterocycles. The molecule has 82 heavy (non-hydrogen) atoms. The molecule has 0 aromatic rings. The van der Waals surface area contributed by atoms with Crippen molar-refractivity contribution in [2.24, 2.45) is 0 Å². The van der Waals surface area contributed by atoms with E-state index in [9.17, 15) is 45.6 Å². The van der Waals surface area contributed by atoms with Crippen LogP contribution in [-0.2, 0) is 23.7 Å². The first-order valence-corrected chi connectivity index (χ1v) is 34.9. The molecule has 14 nitrogen and oxygen atoms in total. The van der Waals surface area contributed by atoms with Crippen LogP contribution in [0.1, 0.15) is 322 Å². The fourth-order valence-corrected chi connectivity index (χ4v) is 11.9. The maximum Gasteiger partial charge on any atom is 0.220 e. The normalized spacial score (nSPS) is 23.9. The zero-order valence-corrected chi connectivity index (χ0v) is 52.8. The topological polar surface area (TPSA) is 228 Å². The highest BCUT2D eigenvalue weighted by molar-refractivity contribution is 5.76. The maximum absolute atomic E-state index is 13.3. The van der Waals surface area contributed by atoms with Crippen LogP contribution in [0.4, 0.5) is 0 Å². The highest BCUT2D eigenvalue weighted by atomic mass is 16.7. The zero-order valence-electron chi connectivity index (χ0n) is 52.8. The Hall–Kier alpha value is -1.27. The Labute approximate surface area is 501 Å². The van der Waals surface area contributed by atoms with Crippen LogP contribution in [0.2, 0.25) is 0 Å². The minimum Gasteiger partial charge on any atom is -0.394 e. The van der Waals surface area contributed by atoms with Crippen LogP contribution >= 0.6 is 0 Å². The molecule has 2 saturated heterocycles. The molecule has 0 spiro atoms. The van der Waals surface area contributed by atoms with Gasteiger partial charge in [0.1, 0.15) is 48.8 Å². The van der Waals surface area contributed by atoms with Gasteiger partial charge in [-0.2, -0.15) is 0 Å². The summed E-state index contributed by atoms with van der Waals surface area (Å²) in [5.74, 6) is -0.232. The van der Waals surface area contributed by atoms with E-state index in [0.717, 1.165) is 38.5 Å². The zero-order chi connectivity index (χ0) is 59.5. The van der Waals surface area contributed by atoms with E-state index in [4.69, 9.17) is 18.9 Å². The van der Waals surface area contributed by atoms with E-state index in [0.29, 0.717) is 6.42 Å². The molecule has 0 aromatic heterocycles. The quantitative estimate of drug-likeness (QED) is 0.0204. The Balaban J connectivity index is 1.59. The van der Waals surface area contributed by atoms with Gasteiger partial charge in [-0.25, -0.2) is 0 Å². The molecule has 2 fully saturated rings. The number of aliphatic hydroxyl groups is 8. The molecular formula is C68H131NO13. The van der Waals surface area contributed by atoms with E-state index in [1.165, 1.54) is 257 Å². The number of nitrogens with one attached hydrogen (secondary N) is 1. The maximum atomic E-state index is 13.3. The molecule has 12 unspecified atom stereocenters. The Kier molecular flexibility index (Phi) is 50.5. The molecule has 12 atom stereocenters. The lowest BCUT2D eigenvalue weighted by molar-refractivity contribution is -0.359. The predicted molar refractivity (Wildman–Crippen MR) is 332 cm³/mol. The third kappa shape index (κ3) is 38.1. The lowest BCUT2D eigenvalue weighted by atomic mass is 9.97. The summed E-state index contributed by atoms with van der Waals surface area (Å²) < 4.78 is 22.8. The summed E-state index contributed by atoms with van der Waals surface area (Å²) in [7, 11) is 0. The minimum atomic E-state index is -1.79. The highest BCUT2D eigenvalue weighted by Gasteiger charge is 2.51. The fraction of sp³-hybridized carbons (Fsp3) is 0.956. The van der Waals surface area contributed by atoms with Crippen LogP contribution < -0.4 is 5.32 Å². The van der Waals surface area contributed by atoms with Gasteiger partial charge in [0.25, 0.3) is 0 Å². The molecule has 1 amide bonds. The van der Waals surface area contributed by atoms with E-state index < -0.39 is 86.8 Å².